The Labute approximate surface area is 164 Å². The second-order valence-corrected chi connectivity index (χ2v) is 6.90. The van der Waals surface area contributed by atoms with Gasteiger partial charge in [0.25, 0.3) is 17.4 Å². The summed E-state index contributed by atoms with van der Waals surface area (Å²) in [6, 6.07) is 11.2. The fraction of sp³-hybridized carbons (Fsp3) is 0.150. The van der Waals surface area contributed by atoms with Gasteiger partial charge >= 0.3 is 0 Å². The normalized spacial score (nSPS) is 13.2. The van der Waals surface area contributed by atoms with Gasteiger partial charge in [-0.3, -0.25) is 14.4 Å². The third kappa shape index (κ3) is 3.84. The molecule has 1 saturated carbocycles. The molecule has 0 aliphatic heterocycles. The van der Waals surface area contributed by atoms with E-state index in [0.717, 1.165) is 12.8 Å². The van der Waals surface area contributed by atoms with Crippen molar-refractivity contribution >= 4 is 29.1 Å². The van der Waals surface area contributed by atoms with Crippen molar-refractivity contribution < 1.29 is 14.0 Å². The van der Waals surface area contributed by atoms with E-state index in [1.807, 2.05) is 0 Å². The zero-order valence-corrected chi connectivity index (χ0v) is 15.4. The van der Waals surface area contributed by atoms with Crippen LogP contribution < -0.4 is 16.2 Å². The molecule has 2 amide bonds. The maximum atomic E-state index is 12.4. The number of carbonyl (C=O) groups is 2. The first kappa shape index (κ1) is 18.1. The van der Waals surface area contributed by atoms with Crippen molar-refractivity contribution in [2.45, 2.75) is 18.9 Å². The number of nitrogens with one attached hydrogen (secondary N) is 3. The van der Waals surface area contributed by atoms with Crippen molar-refractivity contribution in [3.05, 3.63) is 75.2 Å². The van der Waals surface area contributed by atoms with Gasteiger partial charge in [0.05, 0.1) is 22.5 Å². The molecule has 0 radical (unpaired) electrons. The first-order valence-electron chi connectivity index (χ1n) is 8.70. The van der Waals surface area contributed by atoms with Crippen LogP contribution in [0.15, 0.2) is 57.9 Å². The number of aromatic amines is 1. The second kappa shape index (κ2) is 7.36. The van der Waals surface area contributed by atoms with E-state index in [1.165, 1.54) is 18.4 Å². The monoisotopic (exact) mass is 397 g/mol. The Bertz CT molecular complexity index is 1100. The topological polar surface area (TPSA) is 104 Å². The lowest BCUT2D eigenvalue weighted by Gasteiger charge is -2.09. The number of carbonyl (C=O) groups excluding carboxylic acids is 2. The van der Waals surface area contributed by atoms with Crippen LogP contribution in [0, 0.1) is 0 Å². The SMILES string of the molecule is O=C(NC1CC1)c1ccc(NC(=O)c2ccc(-c3ccco3)[nH]c2=O)cc1Cl. The zero-order chi connectivity index (χ0) is 19.7. The molecule has 142 valence electrons. The van der Waals surface area contributed by atoms with Gasteiger partial charge in [-0.15, -0.1) is 0 Å². The number of hydrogen-bond acceptors (Lipinski definition) is 4. The summed E-state index contributed by atoms with van der Waals surface area (Å²) in [5.41, 5.74) is 0.597. The first-order valence-corrected chi connectivity index (χ1v) is 9.08. The number of benzene rings is 1. The summed E-state index contributed by atoms with van der Waals surface area (Å²) in [6.07, 6.45) is 3.45. The second-order valence-electron chi connectivity index (χ2n) is 6.49. The molecule has 1 aliphatic carbocycles. The predicted molar refractivity (Wildman–Crippen MR) is 105 cm³/mol. The van der Waals surface area contributed by atoms with E-state index in [-0.39, 0.29) is 22.5 Å². The van der Waals surface area contributed by atoms with Gasteiger partial charge in [0.1, 0.15) is 11.3 Å². The number of pyridine rings is 1. The maximum absolute atomic E-state index is 12.4. The molecule has 1 aliphatic rings. The van der Waals surface area contributed by atoms with E-state index >= 15 is 0 Å². The Balaban J connectivity index is 1.49. The number of rotatable bonds is 5. The summed E-state index contributed by atoms with van der Waals surface area (Å²) < 4.78 is 5.22. The Morgan fingerprint density at radius 1 is 1.07 bits per heavy atom. The van der Waals surface area contributed by atoms with Gasteiger partial charge in [-0.1, -0.05) is 11.6 Å². The number of furan rings is 1. The van der Waals surface area contributed by atoms with E-state index in [4.69, 9.17) is 16.0 Å². The Morgan fingerprint density at radius 3 is 2.50 bits per heavy atom. The van der Waals surface area contributed by atoms with Crippen LogP contribution in [0.5, 0.6) is 0 Å². The number of amides is 2. The number of aromatic nitrogens is 1. The van der Waals surface area contributed by atoms with Crippen LogP contribution in [0.25, 0.3) is 11.5 Å². The van der Waals surface area contributed by atoms with Gasteiger partial charge in [-0.2, -0.15) is 0 Å². The minimum Gasteiger partial charge on any atom is -0.463 e. The van der Waals surface area contributed by atoms with Gasteiger partial charge < -0.3 is 20.0 Å². The molecule has 28 heavy (non-hydrogen) atoms. The highest BCUT2D eigenvalue weighted by Gasteiger charge is 2.24. The van der Waals surface area contributed by atoms with E-state index in [2.05, 4.69) is 15.6 Å². The molecule has 3 N–H and O–H groups in total. The minimum atomic E-state index is -0.585. The Kier molecular flexibility index (Phi) is 4.75. The fourth-order valence-corrected chi connectivity index (χ4v) is 2.96. The van der Waals surface area contributed by atoms with Gasteiger partial charge in [-0.25, -0.2) is 0 Å². The highest BCUT2D eigenvalue weighted by Crippen LogP contribution is 2.24. The largest absolute Gasteiger partial charge is 0.463 e. The van der Waals surface area contributed by atoms with Crippen molar-refractivity contribution in [3.63, 3.8) is 0 Å². The molecule has 0 bridgehead atoms. The van der Waals surface area contributed by atoms with Gasteiger partial charge in [0.2, 0.25) is 0 Å². The highest BCUT2D eigenvalue weighted by molar-refractivity contribution is 6.34. The van der Waals surface area contributed by atoms with E-state index < -0.39 is 11.5 Å². The lowest BCUT2D eigenvalue weighted by molar-refractivity contribution is 0.0950. The zero-order valence-electron chi connectivity index (χ0n) is 14.6. The van der Waals surface area contributed by atoms with Gasteiger partial charge in [0.15, 0.2) is 0 Å². The molecule has 8 heteroatoms. The molecular weight excluding hydrogens is 382 g/mol. The molecule has 2 heterocycles. The van der Waals surface area contributed by atoms with Gasteiger partial charge in [0, 0.05) is 11.7 Å². The van der Waals surface area contributed by atoms with Crippen LogP contribution in [0.3, 0.4) is 0 Å². The van der Waals surface area contributed by atoms with Crippen molar-refractivity contribution in [3.8, 4) is 11.5 Å². The van der Waals surface area contributed by atoms with Crippen molar-refractivity contribution in [1.29, 1.82) is 0 Å². The maximum Gasteiger partial charge on any atom is 0.261 e. The third-order valence-corrected chi connectivity index (χ3v) is 4.64. The van der Waals surface area contributed by atoms with Crippen LogP contribution in [-0.2, 0) is 0 Å². The van der Waals surface area contributed by atoms with Crippen LogP contribution in [0.4, 0.5) is 5.69 Å². The number of halogens is 1. The Morgan fingerprint density at radius 2 is 1.86 bits per heavy atom. The van der Waals surface area contributed by atoms with Crippen molar-refractivity contribution in [2.24, 2.45) is 0 Å². The minimum absolute atomic E-state index is 0.0537. The van der Waals surface area contributed by atoms with Crippen molar-refractivity contribution in [1.82, 2.24) is 10.3 Å². The molecule has 2 aromatic heterocycles. The number of anilines is 1. The molecule has 0 spiro atoms. The highest BCUT2D eigenvalue weighted by atomic mass is 35.5. The molecule has 0 saturated heterocycles. The Hall–Kier alpha value is -3.32. The standard InChI is InChI=1S/C20H16ClN3O4/c21-15-10-12(5-6-13(15)18(25)22-11-3-4-11)23-19(26)14-7-8-16(24-20(14)27)17-2-1-9-28-17/h1-2,5-11H,3-4H2,(H,22,25)(H,23,26)(H,24,27). The van der Waals surface area contributed by atoms with Crippen LogP contribution in [0.2, 0.25) is 5.02 Å². The van der Waals surface area contributed by atoms with Gasteiger partial charge in [-0.05, 0) is 55.3 Å². The third-order valence-electron chi connectivity index (χ3n) is 4.32. The quantitative estimate of drug-likeness (QED) is 0.613. The molecule has 3 aromatic rings. The molecule has 0 unspecified atom stereocenters. The van der Waals surface area contributed by atoms with Crippen LogP contribution >= 0.6 is 11.6 Å². The lowest BCUT2D eigenvalue weighted by Crippen LogP contribution is -2.26. The average Bonchev–Trinajstić information content (AvgIpc) is 3.30. The summed E-state index contributed by atoms with van der Waals surface area (Å²) in [6.45, 7) is 0. The fourth-order valence-electron chi connectivity index (χ4n) is 2.69. The summed E-state index contributed by atoms with van der Waals surface area (Å²) in [4.78, 5) is 39.4. The molecule has 7 nitrogen and oxygen atoms in total. The first-order chi connectivity index (χ1) is 13.5. The van der Waals surface area contributed by atoms with Crippen LogP contribution in [0.1, 0.15) is 33.6 Å². The van der Waals surface area contributed by atoms with E-state index in [0.29, 0.717) is 22.7 Å². The number of hydrogen-bond donors (Lipinski definition) is 3. The van der Waals surface area contributed by atoms with Crippen molar-refractivity contribution in [2.75, 3.05) is 5.32 Å². The molecular formula is C20H16ClN3O4. The molecule has 1 fully saturated rings. The molecule has 1 aromatic carbocycles. The van der Waals surface area contributed by atoms with Crippen LogP contribution in [-0.4, -0.2) is 22.8 Å². The predicted octanol–water partition coefficient (Wildman–Crippen LogP) is 3.43. The molecule has 0 atom stereocenters. The summed E-state index contributed by atoms with van der Waals surface area (Å²) in [5, 5.41) is 5.69. The average molecular weight is 398 g/mol. The summed E-state index contributed by atoms with van der Waals surface area (Å²) in [7, 11) is 0. The smallest absolute Gasteiger partial charge is 0.261 e. The summed E-state index contributed by atoms with van der Waals surface area (Å²) in [5.74, 6) is -0.329. The van der Waals surface area contributed by atoms with E-state index in [9.17, 15) is 14.4 Å². The van der Waals surface area contributed by atoms with E-state index in [1.54, 1.807) is 30.3 Å². The lowest BCUT2D eigenvalue weighted by atomic mass is 10.1. The number of H-pyrrole nitrogens is 1. The summed E-state index contributed by atoms with van der Waals surface area (Å²) >= 11 is 6.18. The molecule has 4 rings (SSSR count).